The van der Waals surface area contributed by atoms with Crippen LogP contribution in [0.4, 0.5) is 10.1 Å². The first kappa shape index (κ1) is 20.7. The molecule has 2 aromatic rings. The van der Waals surface area contributed by atoms with Crippen LogP contribution in [-0.4, -0.2) is 35.6 Å². The number of carbonyl (C=O) groups is 2. The number of primary amides is 1. The topological polar surface area (TPSA) is 104 Å². The van der Waals surface area contributed by atoms with Crippen LogP contribution in [0.2, 0.25) is 0 Å². The van der Waals surface area contributed by atoms with Crippen molar-refractivity contribution in [1.29, 1.82) is 0 Å². The number of aromatic nitrogens is 1. The molecule has 7 nitrogen and oxygen atoms in total. The Morgan fingerprint density at radius 3 is 2.66 bits per heavy atom. The highest BCUT2D eigenvalue weighted by Gasteiger charge is 2.51. The second-order valence-electron chi connectivity index (χ2n) is 7.63. The highest BCUT2D eigenvalue weighted by atomic mass is 19.1. The van der Waals surface area contributed by atoms with Crippen LogP contribution in [0.5, 0.6) is 5.75 Å². The number of ether oxygens (including phenoxy) is 2. The van der Waals surface area contributed by atoms with Crippen LogP contribution < -0.4 is 15.8 Å². The third-order valence-corrected chi connectivity index (χ3v) is 5.49. The minimum atomic E-state index is -0.843. The van der Waals surface area contributed by atoms with E-state index in [1.54, 1.807) is 12.1 Å². The molecule has 29 heavy (non-hydrogen) atoms. The zero-order chi connectivity index (χ0) is 21.3. The Bertz CT molecular complexity index is 947. The Hall–Kier alpha value is -3.00. The highest BCUT2D eigenvalue weighted by molar-refractivity contribution is 5.97. The van der Waals surface area contributed by atoms with E-state index in [2.05, 4.69) is 10.3 Å². The average Bonchev–Trinajstić information content (AvgIpc) is 2.91. The summed E-state index contributed by atoms with van der Waals surface area (Å²) in [6, 6.07) is 7.22. The van der Waals surface area contributed by atoms with Gasteiger partial charge < -0.3 is 20.5 Å². The summed E-state index contributed by atoms with van der Waals surface area (Å²) in [6.45, 7) is 5.80. The minimum Gasteiger partial charge on any atom is -0.496 e. The third kappa shape index (κ3) is 4.07. The summed E-state index contributed by atoms with van der Waals surface area (Å²) >= 11 is 0. The number of pyridine rings is 1. The molecule has 1 aromatic carbocycles. The number of hydrogen-bond acceptors (Lipinski definition) is 5. The number of carbonyl (C=O) groups excluding carboxylic acids is 2. The molecule has 0 unspecified atom stereocenters. The monoisotopic (exact) mass is 401 g/mol. The van der Waals surface area contributed by atoms with Gasteiger partial charge in [0.25, 0.3) is 11.8 Å². The number of nitrogens with two attached hydrogens (primary N) is 1. The maximum Gasteiger partial charge on any atom is 0.267 e. The van der Waals surface area contributed by atoms with Gasteiger partial charge in [-0.05, 0) is 38.0 Å². The molecule has 1 fully saturated rings. The molecule has 3 N–H and O–H groups in total. The van der Waals surface area contributed by atoms with Gasteiger partial charge in [-0.3, -0.25) is 14.6 Å². The first-order valence-electron chi connectivity index (χ1n) is 9.22. The molecule has 8 heteroatoms. The van der Waals surface area contributed by atoms with Crippen LogP contribution in [0.1, 0.15) is 42.7 Å². The number of halogens is 1. The molecule has 0 radical (unpaired) electrons. The van der Waals surface area contributed by atoms with Gasteiger partial charge in [0, 0.05) is 29.4 Å². The lowest BCUT2D eigenvalue weighted by atomic mass is 9.78. The Morgan fingerprint density at radius 2 is 2.00 bits per heavy atom. The number of nitrogens with one attached hydrogen (secondary N) is 1. The predicted molar refractivity (Wildman–Crippen MR) is 105 cm³/mol. The average molecular weight is 401 g/mol. The van der Waals surface area contributed by atoms with E-state index in [4.69, 9.17) is 15.2 Å². The normalized spacial score (nSPS) is 22.9. The van der Waals surface area contributed by atoms with Gasteiger partial charge in [0.05, 0.1) is 12.7 Å². The Balaban J connectivity index is 1.95. The molecule has 2 heterocycles. The van der Waals surface area contributed by atoms with Gasteiger partial charge in [0.15, 0.2) is 0 Å². The smallest absolute Gasteiger partial charge is 0.267 e. The highest BCUT2D eigenvalue weighted by Crippen LogP contribution is 2.48. The summed E-state index contributed by atoms with van der Waals surface area (Å²) in [5, 5.41) is 2.76. The number of nitrogens with zero attached hydrogens (tertiary/aromatic N) is 1. The molecule has 1 aliphatic heterocycles. The molecule has 2 amide bonds. The molecular weight excluding hydrogens is 377 g/mol. The summed E-state index contributed by atoms with van der Waals surface area (Å²) in [6.07, 6.45) is 0.544. The van der Waals surface area contributed by atoms with E-state index in [9.17, 15) is 14.0 Å². The predicted octanol–water partition coefficient (Wildman–Crippen LogP) is 2.86. The molecule has 1 aliphatic rings. The number of rotatable bonds is 5. The second kappa shape index (κ2) is 7.79. The van der Waals surface area contributed by atoms with Gasteiger partial charge in [-0.1, -0.05) is 13.0 Å². The Kier molecular flexibility index (Phi) is 5.57. The lowest BCUT2D eigenvalue weighted by Crippen LogP contribution is -2.33. The lowest BCUT2D eigenvalue weighted by Gasteiger charge is -2.25. The maximum absolute atomic E-state index is 13.7. The van der Waals surface area contributed by atoms with E-state index < -0.39 is 23.4 Å². The molecule has 154 valence electrons. The van der Waals surface area contributed by atoms with E-state index in [0.29, 0.717) is 17.0 Å². The molecule has 3 rings (SSSR count). The second-order valence-corrected chi connectivity index (χ2v) is 7.63. The minimum absolute atomic E-state index is 0.0422. The number of amides is 2. The van der Waals surface area contributed by atoms with Crippen molar-refractivity contribution in [3.63, 3.8) is 0 Å². The van der Waals surface area contributed by atoms with Gasteiger partial charge in [-0.2, -0.15) is 0 Å². The first-order valence-corrected chi connectivity index (χ1v) is 9.22. The molecule has 0 aliphatic carbocycles. The van der Waals surface area contributed by atoms with Gasteiger partial charge in [-0.15, -0.1) is 0 Å². The standard InChI is InChI=1S/C21H24FN3O4/c1-11-17(14-6-5-12(22)9-16(14)28-4)18(29-21(11,2)3)20(27)25-13-7-8-24-15(10-13)19(23)26/h5-11,17-18H,1-4H3,(H2,23,26)(H,24,25,27)/t11-,17-,18+/m0/s1. The van der Waals surface area contributed by atoms with E-state index in [1.807, 2.05) is 20.8 Å². The largest absolute Gasteiger partial charge is 0.496 e. The molecule has 1 aromatic heterocycles. The third-order valence-electron chi connectivity index (χ3n) is 5.49. The summed E-state index contributed by atoms with van der Waals surface area (Å²) in [5.74, 6) is -1.56. The van der Waals surface area contributed by atoms with Gasteiger partial charge in [0.1, 0.15) is 23.4 Å². The van der Waals surface area contributed by atoms with Crippen LogP contribution in [0.15, 0.2) is 36.5 Å². The van der Waals surface area contributed by atoms with Crippen molar-refractivity contribution in [2.24, 2.45) is 11.7 Å². The van der Waals surface area contributed by atoms with Crippen molar-refractivity contribution < 1.29 is 23.5 Å². The SMILES string of the molecule is COc1cc(F)ccc1[C@H]1[C@H](C(=O)Nc2ccnc(C(N)=O)c2)OC(C)(C)[C@H]1C. The molecule has 0 bridgehead atoms. The summed E-state index contributed by atoms with van der Waals surface area (Å²) in [7, 11) is 1.46. The Labute approximate surface area is 168 Å². The zero-order valence-electron chi connectivity index (χ0n) is 16.7. The number of hydrogen-bond donors (Lipinski definition) is 2. The maximum atomic E-state index is 13.7. The van der Waals surface area contributed by atoms with Crippen molar-refractivity contribution in [2.45, 2.75) is 38.4 Å². The first-order chi connectivity index (χ1) is 13.6. The van der Waals surface area contributed by atoms with Crippen LogP contribution in [0.3, 0.4) is 0 Å². The van der Waals surface area contributed by atoms with Crippen LogP contribution in [0, 0.1) is 11.7 Å². The van der Waals surface area contributed by atoms with Crippen molar-refractivity contribution in [2.75, 3.05) is 12.4 Å². The van der Waals surface area contributed by atoms with Crippen LogP contribution >= 0.6 is 0 Å². The quantitative estimate of drug-likeness (QED) is 0.802. The molecular formula is C21H24FN3O4. The summed E-state index contributed by atoms with van der Waals surface area (Å²) in [4.78, 5) is 28.3. The number of anilines is 1. The Morgan fingerprint density at radius 1 is 1.28 bits per heavy atom. The number of benzene rings is 1. The molecule has 0 spiro atoms. The van der Waals surface area contributed by atoms with Crippen molar-refractivity contribution in [3.8, 4) is 5.75 Å². The molecule has 1 saturated heterocycles. The van der Waals surface area contributed by atoms with Crippen LogP contribution in [-0.2, 0) is 9.53 Å². The van der Waals surface area contributed by atoms with E-state index >= 15 is 0 Å². The fourth-order valence-electron chi connectivity index (χ4n) is 3.67. The fourth-order valence-corrected chi connectivity index (χ4v) is 3.67. The van der Waals surface area contributed by atoms with E-state index in [0.717, 1.165) is 0 Å². The van der Waals surface area contributed by atoms with Gasteiger partial charge in [0.2, 0.25) is 0 Å². The van der Waals surface area contributed by atoms with Crippen LogP contribution in [0.25, 0.3) is 0 Å². The summed E-state index contributed by atoms with van der Waals surface area (Å²) in [5.41, 5.74) is 5.77. The van der Waals surface area contributed by atoms with Gasteiger partial charge in [-0.25, -0.2) is 4.39 Å². The molecule has 3 atom stereocenters. The molecule has 0 saturated carbocycles. The van der Waals surface area contributed by atoms with Gasteiger partial charge >= 0.3 is 0 Å². The van der Waals surface area contributed by atoms with Crippen molar-refractivity contribution >= 4 is 17.5 Å². The van der Waals surface area contributed by atoms with Crippen molar-refractivity contribution in [3.05, 3.63) is 53.6 Å². The fraction of sp³-hybridized carbons (Fsp3) is 0.381. The van der Waals surface area contributed by atoms with Crippen molar-refractivity contribution in [1.82, 2.24) is 4.98 Å². The lowest BCUT2D eigenvalue weighted by molar-refractivity contribution is -0.131. The number of methoxy groups -OCH3 is 1. The van der Waals surface area contributed by atoms with E-state index in [-0.39, 0.29) is 23.4 Å². The zero-order valence-corrected chi connectivity index (χ0v) is 16.7. The van der Waals surface area contributed by atoms with E-state index in [1.165, 1.54) is 31.5 Å². The summed E-state index contributed by atoms with van der Waals surface area (Å²) < 4.78 is 25.1.